The highest BCUT2D eigenvalue weighted by molar-refractivity contribution is 7.10. The maximum absolute atomic E-state index is 12.6. The fourth-order valence-corrected chi connectivity index (χ4v) is 3.47. The van der Waals surface area contributed by atoms with Crippen LogP contribution < -0.4 is 10.1 Å². The minimum atomic E-state index is -2.88. The zero-order chi connectivity index (χ0) is 20.5. The lowest BCUT2D eigenvalue weighted by atomic mass is 10.1. The van der Waals surface area contributed by atoms with Crippen molar-refractivity contribution in [1.29, 1.82) is 0 Å². The fourth-order valence-electron chi connectivity index (χ4n) is 2.88. The van der Waals surface area contributed by atoms with Gasteiger partial charge in [0.15, 0.2) is 11.6 Å². The van der Waals surface area contributed by atoms with Crippen molar-refractivity contribution in [3.05, 3.63) is 59.4 Å². The lowest BCUT2D eigenvalue weighted by molar-refractivity contribution is -0.0498. The summed E-state index contributed by atoms with van der Waals surface area (Å²) in [6.45, 7) is 0.917. The van der Waals surface area contributed by atoms with Crippen LogP contribution in [-0.4, -0.2) is 21.9 Å². The average Bonchev–Trinajstić information content (AvgIpc) is 3.27. The average molecular weight is 415 g/mol. The molecule has 6 nitrogen and oxygen atoms in total. The van der Waals surface area contributed by atoms with Crippen LogP contribution in [0.1, 0.15) is 21.7 Å². The summed E-state index contributed by atoms with van der Waals surface area (Å²) in [5.41, 5.74) is 3.08. The number of hydrogen-bond acceptors (Lipinski definition) is 6. The molecule has 0 saturated heterocycles. The lowest BCUT2D eigenvalue weighted by Gasteiger charge is -2.04. The molecule has 2 heterocycles. The second-order valence-corrected chi connectivity index (χ2v) is 7.09. The van der Waals surface area contributed by atoms with Crippen LogP contribution in [0.2, 0.25) is 0 Å². The molecule has 0 aliphatic heterocycles. The van der Waals surface area contributed by atoms with Crippen molar-refractivity contribution in [2.45, 2.75) is 20.5 Å². The number of hydrogen-bond donors (Lipinski definition) is 1. The largest absolute Gasteiger partial charge is 0.451 e. The molecule has 0 fully saturated rings. The van der Waals surface area contributed by atoms with Crippen LogP contribution in [0.5, 0.6) is 5.75 Å². The molecular formula is C20H15F2N3O3S. The minimum absolute atomic E-state index is 0.0445. The number of halogens is 2. The van der Waals surface area contributed by atoms with Gasteiger partial charge in [0.2, 0.25) is 5.13 Å². The first kappa shape index (κ1) is 19.0. The normalized spacial score (nSPS) is 11.2. The predicted octanol–water partition coefficient (Wildman–Crippen LogP) is 5.42. The summed E-state index contributed by atoms with van der Waals surface area (Å²) >= 11 is 1.01. The first-order chi connectivity index (χ1) is 13.9. The molecule has 0 aliphatic carbocycles. The summed E-state index contributed by atoms with van der Waals surface area (Å²) in [4.78, 5) is 16.9. The summed E-state index contributed by atoms with van der Waals surface area (Å²) in [5, 5.41) is 3.88. The van der Waals surface area contributed by atoms with E-state index in [2.05, 4.69) is 19.4 Å². The van der Waals surface area contributed by atoms with Crippen molar-refractivity contribution in [1.82, 2.24) is 9.36 Å². The van der Waals surface area contributed by atoms with Crippen LogP contribution in [0.25, 0.3) is 22.4 Å². The Morgan fingerprint density at radius 2 is 1.93 bits per heavy atom. The molecule has 4 aromatic rings. The highest BCUT2D eigenvalue weighted by Crippen LogP contribution is 2.28. The molecule has 9 heteroatoms. The second-order valence-electron chi connectivity index (χ2n) is 6.34. The van der Waals surface area contributed by atoms with Crippen molar-refractivity contribution in [3.8, 4) is 17.1 Å². The van der Waals surface area contributed by atoms with Gasteiger partial charge in [-0.2, -0.15) is 18.1 Å². The highest BCUT2D eigenvalue weighted by atomic mass is 32.1. The van der Waals surface area contributed by atoms with Gasteiger partial charge in [-0.05, 0) is 50.2 Å². The number of benzene rings is 2. The van der Waals surface area contributed by atoms with Crippen LogP contribution in [0.3, 0.4) is 0 Å². The Morgan fingerprint density at radius 1 is 1.17 bits per heavy atom. The third-order valence-corrected chi connectivity index (χ3v) is 4.91. The molecule has 2 aromatic carbocycles. The van der Waals surface area contributed by atoms with E-state index in [1.165, 1.54) is 12.1 Å². The molecule has 0 aliphatic rings. The predicted molar refractivity (Wildman–Crippen MR) is 106 cm³/mol. The van der Waals surface area contributed by atoms with Crippen molar-refractivity contribution in [2.24, 2.45) is 0 Å². The highest BCUT2D eigenvalue weighted by Gasteiger charge is 2.19. The first-order valence-corrected chi connectivity index (χ1v) is 9.38. The van der Waals surface area contributed by atoms with Gasteiger partial charge in [-0.25, -0.2) is 0 Å². The van der Waals surface area contributed by atoms with E-state index in [9.17, 15) is 13.6 Å². The number of anilines is 1. The molecule has 0 radical (unpaired) electrons. The van der Waals surface area contributed by atoms with Crippen LogP contribution >= 0.6 is 11.5 Å². The van der Waals surface area contributed by atoms with E-state index in [0.717, 1.165) is 28.0 Å². The van der Waals surface area contributed by atoms with Gasteiger partial charge in [-0.3, -0.25) is 10.1 Å². The number of rotatable bonds is 5. The number of nitrogens with one attached hydrogen (secondary N) is 1. The molecule has 1 amide bonds. The third kappa shape index (κ3) is 3.95. The SMILES string of the molecule is Cc1ccc2oc(C(=O)Nc3nc(-c4ccc(OC(F)F)cc4)ns3)c(C)c2c1. The molecule has 0 atom stereocenters. The minimum Gasteiger partial charge on any atom is -0.451 e. The number of alkyl halides is 2. The first-order valence-electron chi connectivity index (χ1n) is 8.61. The van der Waals surface area contributed by atoms with Gasteiger partial charge in [-0.1, -0.05) is 11.6 Å². The maximum Gasteiger partial charge on any atom is 0.387 e. The molecule has 1 N–H and O–H groups in total. The monoisotopic (exact) mass is 415 g/mol. The van der Waals surface area contributed by atoms with Crippen molar-refractivity contribution >= 4 is 33.5 Å². The van der Waals surface area contributed by atoms with Gasteiger partial charge in [0.1, 0.15) is 11.3 Å². The van der Waals surface area contributed by atoms with E-state index in [4.69, 9.17) is 4.42 Å². The number of fused-ring (bicyclic) bond motifs is 1. The van der Waals surface area contributed by atoms with E-state index in [1.807, 2.05) is 32.0 Å². The Balaban J connectivity index is 1.52. The lowest BCUT2D eigenvalue weighted by Crippen LogP contribution is -2.11. The fraction of sp³-hybridized carbons (Fsp3) is 0.150. The van der Waals surface area contributed by atoms with Crippen molar-refractivity contribution < 1.29 is 22.7 Å². The summed E-state index contributed by atoms with van der Waals surface area (Å²) < 4.78 is 38.7. The smallest absolute Gasteiger partial charge is 0.387 e. The van der Waals surface area contributed by atoms with Crippen LogP contribution in [0.15, 0.2) is 46.9 Å². The Kier molecular flexibility index (Phi) is 4.98. The molecule has 0 unspecified atom stereocenters. The molecular weight excluding hydrogens is 400 g/mol. The van der Waals surface area contributed by atoms with E-state index < -0.39 is 12.5 Å². The second kappa shape index (κ2) is 7.59. The number of furan rings is 1. The number of aromatic nitrogens is 2. The zero-order valence-corrected chi connectivity index (χ0v) is 16.2. The molecule has 29 heavy (non-hydrogen) atoms. The molecule has 0 spiro atoms. The van der Waals surface area contributed by atoms with E-state index >= 15 is 0 Å². The Bertz CT molecular complexity index is 1190. The molecule has 2 aromatic heterocycles. The van der Waals surface area contributed by atoms with Crippen LogP contribution in [-0.2, 0) is 0 Å². The molecule has 0 saturated carbocycles. The van der Waals surface area contributed by atoms with Gasteiger partial charge >= 0.3 is 6.61 Å². The Hall–Kier alpha value is -3.33. The van der Waals surface area contributed by atoms with Crippen LogP contribution in [0.4, 0.5) is 13.9 Å². The van der Waals surface area contributed by atoms with E-state index in [1.54, 1.807) is 12.1 Å². The Morgan fingerprint density at radius 3 is 2.66 bits per heavy atom. The molecule has 4 rings (SSSR count). The van der Waals surface area contributed by atoms with Gasteiger partial charge in [0.05, 0.1) is 0 Å². The third-order valence-electron chi connectivity index (χ3n) is 4.28. The van der Waals surface area contributed by atoms with Crippen LogP contribution in [0, 0.1) is 13.8 Å². The van der Waals surface area contributed by atoms with Gasteiger partial charge in [0.25, 0.3) is 5.91 Å². The van der Waals surface area contributed by atoms with Gasteiger partial charge in [-0.15, -0.1) is 0 Å². The molecule has 0 bridgehead atoms. The summed E-state index contributed by atoms with van der Waals surface area (Å²) in [6.07, 6.45) is 0. The standard InChI is InChI=1S/C20H15F2N3O3S/c1-10-3-8-15-14(9-10)11(2)16(28-15)18(26)24-20-23-17(25-29-20)12-4-6-13(7-5-12)27-19(21)22/h3-9,19H,1-2H3,(H,23,24,25,26). The van der Waals surface area contributed by atoms with Crippen molar-refractivity contribution in [2.75, 3.05) is 5.32 Å². The van der Waals surface area contributed by atoms with Gasteiger partial charge < -0.3 is 9.15 Å². The summed E-state index contributed by atoms with van der Waals surface area (Å²) in [7, 11) is 0. The maximum atomic E-state index is 12.6. The number of amides is 1. The summed E-state index contributed by atoms with van der Waals surface area (Å²) in [6, 6.07) is 11.7. The number of carbonyl (C=O) groups is 1. The number of carbonyl (C=O) groups excluding carboxylic acids is 1. The number of nitrogens with zero attached hydrogens (tertiary/aromatic N) is 2. The molecule has 148 valence electrons. The Labute approximate surface area is 168 Å². The number of aryl methyl sites for hydroxylation is 2. The topological polar surface area (TPSA) is 77.2 Å². The van der Waals surface area contributed by atoms with E-state index in [0.29, 0.717) is 22.1 Å². The van der Waals surface area contributed by atoms with E-state index in [-0.39, 0.29) is 11.5 Å². The number of ether oxygens (including phenoxy) is 1. The zero-order valence-electron chi connectivity index (χ0n) is 15.4. The summed E-state index contributed by atoms with van der Waals surface area (Å²) in [5.74, 6) is 0.213. The van der Waals surface area contributed by atoms with Crippen molar-refractivity contribution in [3.63, 3.8) is 0 Å². The van der Waals surface area contributed by atoms with Gasteiger partial charge in [0, 0.05) is 28.0 Å². The quantitative estimate of drug-likeness (QED) is 0.471.